The number of methoxy groups -OCH3 is 2. The Labute approximate surface area is 156 Å². The van der Waals surface area contributed by atoms with Gasteiger partial charge in [-0.25, -0.2) is 4.98 Å². The third-order valence-corrected chi connectivity index (χ3v) is 4.55. The van der Waals surface area contributed by atoms with Gasteiger partial charge < -0.3 is 14.5 Å². The Kier molecular flexibility index (Phi) is 5.00. The number of H-pyrrole nitrogens is 1. The molecule has 5 nitrogen and oxygen atoms in total. The van der Waals surface area contributed by atoms with Crippen molar-refractivity contribution >= 4 is 33.6 Å². The third-order valence-electron chi connectivity index (χ3n) is 4.26. The fourth-order valence-electron chi connectivity index (χ4n) is 2.65. The standard InChI is InChI=1S/C20H19ClN2O3/c1-11-5-6-13(7-12(11)2)8-15(21)19-22-16-10-18(26-4)17(25-3)9-14(16)20(24)23-19/h5-10H,1-4H3,(H,22,23,24)/b15-8-. The van der Waals surface area contributed by atoms with Crippen molar-refractivity contribution in [3.05, 3.63) is 63.2 Å². The molecule has 0 aliphatic heterocycles. The van der Waals surface area contributed by atoms with Crippen molar-refractivity contribution in [1.29, 1.82) is 0 Å². The monoisotopic (exact) mass is 370 g/mol. The van der Waals surface area contributed by atoms with Gasteiger partial charge in [0.2, 0.25) is 0 Å². The van der Waals surface area contributed by atoms with Gasteiger partial charge >= 0.3 is 0 Å². The lowest BCUT2D eigenvalue weighted by molar-refractivity contribution is 0.355. The molecule has 3 aromatic rings. The SMILES string of the molecule is COc1cc2nc(/C(Cl)=C/c3ccc(C)c(C)c3)[nH]c(=O)c2cc1OC. The summed E-state index contributed by atoms with van der Waals surface area (Å²) in [5, 5.41) is 0.754. The van der Waals surface area contributed by atoms with Crippen LogP contribution in [0.15, 0.2) is 35.1 Å². The Hall–Kier alpha value is -2.79. The fraction of sp³-hybridized carbons (Fsp3) is 0.200. The molecule has 0 atom stereocenters. The number of ether oxygens (including phenoxy) is 2. The van der Waals surface area contributed by atoms with Crippen LogP contribution in [-0.4, -0.2) is 24.2 Å². The number of rotatable bonds is 4. The molecule has 0 saturated carbocycles. The molecule has 0 aliphatic rings. The van der Waals surface area contributed by atoms with Gasteiger partial charge in [0.25, 0.3) is 5.56 Å². The quantitative estimate of drug-likeness (QED) is 0.743. The van der Waals surface area contributed by atoms with Crippen molar-refractivity contribution in [3.8, 4) is 11.5 Å². The van der Waals surface area contributed by atoms with E-state index in [0.29, 0.717) is 33.3 Å². The molecular weight excluding hydrogens is 352 g/mol. The van der Waals surface area contributed by atoms with Gasteiger partial charge in [0.1, 0.15) is 0 Å². The average Bonchev–Trinajstić information content (AvgIpc) is 2.63. The van der Waals surface area contributed by atoms with Crippen LogP contribution in [0.5, 0.6) is 11.5 Å². The molecule has 0 amide bonds. The zero-order chi connectivity index (χ0) is 18.8. The molecule has 0 saturated heterocycles. The lowest BCUT2D eigenvalue weighted by Gasteiger charge is -2.09. The summed E-state index contributed by atoms with van der Waals surface area (Å²) in [7, 11) is 3.05. The molecule has 0 aliphatic carbocycles. The van der Waals surface area contributed by atoms with Crippen LogP contribution in [-0.2, 0) is 0 Å². The van der Waals surface area contributed by atoms with E-state index in [4.69, 9.17) is 21.1 Å². The van der Waals surface area contributed by atoms with E-state index in [1.807, 2.05) is 25.1 Å². The first kappa shape index (κ1) is 18.0. The molecule has 1 N–H and O–H groups in total. The van der Waals surface area contributed by atoms with E-state index in [-0.39, 0.29) is 5.56 Å². The summed E-state index contributed by atoms with van der Waals surface area (Å²) < 4.78 is 10.5. The highest BCUT2D eigenvalue weighted by Crippen LogP contribution is 2.30. The summed E-state index contributed by atoms with van der Waals surface area (Å²) in [6.45, 7) is 4.09. The number of fused-ring (bicyclic) bond motifs is 1. The van der Waals surface area contributed by atoms with E-state index >= 15 is 0 Å². The Bertz CT molecular complexity index is 1070. The van der Waals surface area contributed by atoms with Crippen molar-refractivity contribution in [3.63, 3.8) is 0 Å². The number of aryl methyl sites for hydroxylation is 2. The summed E-state index contributed by atoms with van der Waals surface area (Å²) in [4.78, 5) is 19.6. The van der Waals surface area contributed by atoms with Gasteiger partial charge in [0, 0.05) is 6.07 Å². The predicted octanol–water partition coefficient (Wildman–Crippen LogP) is 4.29. The van der Waals surface area contributed by atoms with Crippen molar-refractivity contribution in [1.82, 2.24) is 9.97 Å². The Morgan fingerprint density at radius 2 is 1.77 bits per heavy atom. The van der Waals surface area contributed by atoms with E-state index in [0.717, 1.165) is 5.56 Å². The van der Waals surface area contributed by atoms with Crippen LogP contribution >= 0.6 is 11.6 Å². The topological polar surface area (TPSA) is 64.2 Å². The largest absolute Gasteiger partial charge is 0.493 e. The molecular formula is C20H19ClN2O3. The Balaban J connectivity index is 2.11. The zero-order valence-corrected chi connectivity index (χ0v) is 15.8. The number of hydrogen-bond acceptors (Lipinski definition) is 4. The van der Waals surface area contributed by atoms with Gasteiger partial charge in [-0.15, -0.1) is 0 Å². The van der Waals surface area contributed by atoms with Crippen LogP contribution in [0.2, 0.25) is 0 Å². The molecule has 6 heteroatoms. The van der Waals surface area contributed by atoms with Crippen molar-refractivity contribution in [2.24, 2.45) is 0 Å². The summed E-state index contributed by atoms with van der Waals surface area (Å²) >= 11 is 6.41. The molecule has 0 unspecified atom stereocenters. The Morgan fingerprint density at radius 3 is 2.42 bits per heavy atom. The normalized spacial score (nSPS) is 11.7. The van der Waals surface area contributed by atoms with Crippen LogP contribution in [0.3, 0.4) is 0 Å². The second-order valence-corrected chi connectivity index (χ2v) is 6.38. The number of hydrogen-bond donors (Lipinski definition) is 1. The lowest BCUT2D eigenvalue weighted by Crippen LogP contribution is -2.11. The van der Waals surface area contributed by atoms with Crippen LogP contribution < -0.4 is 15.0 Å². The zero-order valence-electron chi connectivity index (χ0n) is 15.0. The molecule has 0 spiro atoms. The van der Waals surface area contributed by atoms with Gasteiger partial charge in [0.15, 0.2) is 17.3 Å². The number of nitrogens with zero attached hydrogens (tertiary/aromatic N) is 1. The van der Waals surface area contributed by atoms with Gasteiger partial charge in [0.05, 0.1) is 30.2 Å². The van der Waals surface area contributed by atoms with Crippen molar-refractivity contribution < 1.29 is 9.47 Å². The molecule has 0 bridgehead atoms. The average molecular weight is 371 g/mol. The maximum Gasteiger partial charge on any atom is 0.259 e. The molecule has 2 aromatic carbocycles. The fourth-order valence-corrected chi connectivity index (χ4v) is 2.86. The van der Waals surface area contributed by atoms with Gasteiger partial charge in [-0.3, -0.25) is 4.79 Å². The van der Waals surface area contributed by atoms with Crippen molar-refractivity contribution in [2.45, 2.75) is 13.8 Å². The molecule has 134 valence electrons. The molecule has 3 rings (SSSR count). The summed E-state index contributed by atoms with van der Waals surface area (Å²) in [6.07, 6.45) is 1.78. The first-order valence-electron chi connectivity index (χ1n) is 8.04. The molecule has 26 heavy (non-hydrogen) atoms. The second kappa shape index (κ2) is 7.22. The van der Waals surface area contributed by atoms with Crippen molar-refractivity contribution in [2.75, 3.05) is 14.2 Å². The second-order valence-electron chi connectivity index (χ2n) is 5.97. The molecule has 1 heterocycles. The Morgan fingerprint density at radius 1 is 1.08 bits per heavy atom. The van der Waals surface area contributed by atoms with E-state index in [1.54, 1.807) is 18.2 Å². The van der Waals surface area contributed by atoms with E-state index in [9.17, 15) is 4.79 Å². The van der Waals surface area contributed by atoms with E-state index < -0.39 is 0 Å². The summed E-state index contributed by atoms with van der Waals surface area (Å²) in [5.74, 6) is 1.27. The number of halogens is 1. The minimum atomic E-state index is -0.294. The number of aromatic amines is 1. The van der Waals surface area contributed by atoms with E-state index in [1.165, 1.54) is 25.3 Å². The molecule has 1 aromatic heterocycles. The summed E-state index contributed by atoms with van der Waals surface area (Å²) in [5.41, 5.74) is 3.50. The van der Waals surface area contributed by atoms with Gasteiger partial charge in [-0.05, 0) is 42.7 Å². The summed E-state index contributed by atoms with van der Waals surface area (Å²) in [6, 6.07) is 9.29. The number of benzene rings is 2. The minimum Gasteiger partial charge on any atom is -0.493 e. The predicted molar refractivity (Wildman–Crippen MR) is 105 cm³/mol. The smallest absolute Gasteiger partial charge is 0.259 e. The maximum atomic E-state index is 12.4. The van der Waals surface area contributed by atoms with Gasteiger partial charge in [-0.1, -0.05) is 29.8 Å². The first-order chi connectivity index (χ1) is 12.4. The highest BCUT2D eigenvalue weighted by molar-refractivity contribution is 6.50. The van der Waals surface area contributed by atoms with E-state index in [2.05, 4.69) is 16.9 Å². The number of aromatic nitrogens is 2. The minimum absolute atomic E-state index is 0.294. The highest BCUT2D eigenvalue weighted by atomic mass is 35.5. The molecule has 0 fully saturated rings. The third kappa shape index (κ3) is 3.44. The lowest BCUT2D eigenvalue weighted by atomic mass is 10.1. The van der Waals surface area contributed by atoms with Crippen LogP contribution in [0.1, 0.15) is 22.5 Å². The number of nitrogens with one attached hydrogen (secondary N) is 1. The first-order valence-corrected chi connectivity index (χ1v) is 8.41. The highest BCUT2D eigenvalue weighted by Gasteiger charge is 2.12. The molecule has 0 radical (unpaired) electrons. The van der Waals surface area contributed by atoms with Crippen LogP contribution in [0, 0.1) is 13.8 Å². The maximum absolute atomic E-state index is 12.4. The van der Waals surface area contributed by atoms with Gasteiger partial charge in [-0.2, -0.15) is 0 Å². The van der Waals surface area contributed by atoms with Crippen LogP contribution in [0.25, 0.3) is 22.0 Å². The van der Waals surface area contributed by atoms with Crippen LogP contribution in [0.4, 0.5) is 0 Å².